The van der Waals surface area contributed by atoms with E-state index < -0.39 is 0 Å². The van der Waals surface area contributed by atoms with Gasteiger partial charge in [-0.2, -0.15) is 0 Å². The van der Waals surface area contributed by atoms with Gasteiger partial charge in [-0.1, -0.05) is 0 Å². The Morgan fingerprint density at radius 3 is 2.35 bits per heavy atom. The third kappa shape index (κ3) is 4.28. The zero-order chi connectivity index (χ0) is 16.8. The second-order valence-electron chi connectivity index (χ2n) is 5.74. The Bertz CT molecular complexity index is 548. The Kier molecular flexibility index (Phi) is 6.10. The SMILES string of the molecule is COc1cc(OC)c(OC)cc1CN[C@@H](C)CN1CCCC1=O. The summed E-state index contributed by atoms with van der Waals surface area (Å²) in [6.07, 6.45) is 1.64. The Labute approximate surface area is 137 Å². The van der Waals surface area contributed by atoms with Gasteiger partial charge in [0.2, 0.25) is 5.91 Å². The number of benzene rings is 1. The molecule has 1 aromatic carbocycles. The van der Waals surface area contributed by atoms with Crippen molar-refractivity contribution in [2.75, 3.05) is 34.4 Å². The molecule has 6 nitrogen and oxygen atoms in total. The molecule has 0 spiro atoms. The fraction of sp³-hybridized carbons (Fsp3) is 0.588. The Morgan fingerprint density at radius 2 is 1.78 bits per heavy atom. The lowest BCUT2D eigenvalue weighted by molar-refractivity contribution is -0.127. The third-order valence-corrected chi connectivity index (χ3v) is 4.09. The number of hydrogen-bond donors (Lipinski definition) is 1. The molecule has 0 saturated carbocycles. The molecule has 1 atom stereocenters. The van der Waals surface area contributed by atoms with E-state index in [1.54, 1.807) is 21.3 Å². The summed E-state index contributed by atoms with van der Waals surface area (Å²) in [7, 11) is 4.85. The molecular formula is C17H26N2O4. The molecule has 1 aromatic rings. The van der Waals surface area contributed by atoms with Crippen molar-refractivity contribution in [3.05, 3.63) is 17.7 Å². The van der Waals surface area contributed by atoms with Crippen LogP contribution in [0.4, 0.5) is 0 Å². The lowest BCUT2D eigenvalue weighted by Crippen LogP contribution is -2.39. The van der Waals surface area contributed by atoms with Crippen molar-refractivity contribution in [3.8, 4) is 17.2 Å². The molecule has 128 valence electrons. The lowest BCUT2D eigenvalue weighted by Gasteiger charge is -2.22. The van der Waals surface area contributed by atoms with Crippen LogP contribution < -0.4 is 19.5 Å². The van der Waals surface area contributed by atoms with Gasteiger partial charge in [0.05, 0.1) is 21.3 Å². The molecule has 1 heterocycles. The second kappa shape index (κ2) is 8.06. The molecule has 0 aliphatic carbocycles. The first kappa shape index (κ1) is 17.4. The number of amides is 1. The smallest absolute Gasteiger partial charge is 0.222 e. The van der Waals surface area contributed by atoms with Crippen LogP contribution >= 0.6 is 0 Å². The molecule has 6 heteroatoms. The van der Waals surface area contributed by atoms with Gasteiger partial charge in [-0.25, -0.2) is 0 Å². The number of carbonyl (C=O) groups excluding carboxylic acids is 1. The van der Waals surface area contributed by atoms with E-state index in [2.05, 4.69) is 12.2 Å². The summed E-state index contributed by atoms with van der Waals surface area (Å²) in [6, 6.07) is 3.94. The van der Waals surface area contributed by atoms with E-state index >= 15 is 0 Å². The van der Waals surface area contributed by atoms with Gasteiger partial charge in [-0.05, 0) is 19.4 Å². The summed E-state index contributed by atoms with van der Waals surface area (Å²) in [6.45, 7) is 4.31. The van der Waals surface area contributed by atoms with Crippen LogP contribution in [-0.4, -0.2) is 51.3 Å². The topological polar surface area (TPSA) is 60.0 Å². The minimum absolute atomic E-state index is 0.204. The number of rotatable bonds is 8. The molecule has 0 aromatic heterocycles. The molecule has 1 amide bonds. The number of hydrogen-bond acceptors (Lipinski definition) is 5. The predicted octanol–water partition coefficient (Wildman–Crippen LogP) is 1.81. The lowest BCUT2D eigenvalue weighted by atomic mass is 10.1. The zero-order valence-corrected chi connectivity index (χ0v) is 14.3. The van der Waals surface area contributed by atoms with Crippen molar-refractivity contribution >= 4 is 5.91 Å². The van der Waals surface area contributed by atoms with E-state index in [9.17, 15) is 4.79 Å². The summed E-state index contributed by atoms with van der Waals surface area (Å²) in [5, 5.41) is 3.44. The van der Waals surface area contributed by atoms with Crippen molar-refractivity contribution in [2.24, 2.45) is 0 Å². The first-order valence-corrected chi connectivity index (χ1v) is 7.89. The van der Waals surface area contributed by atoms with E-state index in [1.165, 1.54) is 0 Å². The number of nitrogens with one attached hydrogen (secondary N) is 1. The highest BCUT2D eigenvalue weighted by atomic mass is 16.5. The van der Waals surface area contributed by atoms with Crippen LogP contribution in [0.1, 0.15) is 25.3 Å². The van der Waals surface area contributed by atoms with E-state index in [4.69, 9.17) is 14.2 Å². The molecule has 23 heavy (non-hydrogen) atoms. The maximum absolute atomic E-state index is 11.7. The second-order valence-corrected chi connectivity index (χ2v) is 5.74. The largest absolute Gasteiger partial charge is 0.496 e. The molecule has 1 fully saturated rings. The number of carbonyl (C=O) groups is 1. The van der Waals surface area contributed by atoms with Gasteiger partial charge in [0.25, 0.3) is 0 Å². The van der Waals surface area contributed by atoms with Crippen molar-refractivity contribution in [1.29, 1.82) is 0 Å². The minimum atomic E-state index is 0.204. The van der Waals surface area contributed by atoms with Crippen LogP contribution in [0.5, 0.6) is 17.2 Å². The van der Waals surface area contributed by atoms with E-state index in [1.807, 2.05) is 17.0 Å². The van der Waals surface area contributed by atoms with Gasteiger partial charge in [-0.3, -0.25) is 4.79 Å². The van der Waals surface area contributed by atoms with Gasteiger partial charge < -0.3 is 24.4 Å². The molecule has 2 rings (SSSR count). The fourth-order valence-corrected chi connectivity index (χ4v) is 2.81. The molecule has 1 aliphatic rings. The average Bonchev–Trinajstić information content (AvgIpc) is 2.96. The van der Waals surface area contributed by atoms with Gasteiger partial charge in [-0.15, -0.1) is 0 Å². The summed E-state index contributed by atoms with van der Waals surface area (Å²) in [5.41, 5.74) is 0.991. The van der Waals surface area contributed by atoms with Crippen LogP contribution in [0, 0.1) is 0 Å². The standard InChI is InChI=1S/C17H26N2O4/c1-12(11-19-7-5-6-17(19)20)18-10-13-8-15(22-3)16(23-4)9-14(13)21-2/h8-9,12,18H,5-7,10-11H2,1-4H3/t12-/m0/s1. The van der Waals surface area contributed by atoms with Crippen LogP contribution in [0.3, 0.4) is 0 Å². The number of ether oxygens (including phenoxy) is 3. The van der Waals surface area contributed by atoms with E-state index in [-0.39, 0.29) is 11.9 Å². The van der Waals surface area contributed by atoms with Gasteiger partial charge in [0.1, 0.15) is 5.75 Å². The molecular weight excluding hydrogens is 296 g/mol. The molecule has 1 saturated heterocycles. The van der Waals surface area contributed by atoms with Crippen LogP contribution in [-0.2, 0) is 11.3 Å². The van der Waals surface area contributed by atoms with Crippen LogP contribution in [0.25, 0.3) is 0 Å². The van der Waals surface area contributed by atoms with E-state index in [0.29, 0.717) is 24.5 Å². The summed E-state index contributed by atoms with van der Waals surface area (Å²) >= 11 is 0. The Hall–Kier alpha value is -1.95. The van der Waals surface area contributed by atoms with Gasteiger partial charge in [0.15, 0.2) is 11.5 Å². The van der Waals surface area contributed by atoms with Crippen molar-refractivity contribution in [2.45, 2.75) is 32.4 Å². The zero-order valence-electron chi connectivity index (χ0n) is 14.3. The third-order valence-electron chi connectivity index (χ3n) is 4.09. The van der Waals surface area contributed by atoms with Crippen molar-refractivity contribution in [3.63, 3.8) is 0 Å². The fourth-order valence-electron chi connectivity index (χ4n) is 2.81. The maximum Gasteiger partial charge on any atom is 0.222 e. The van der Waals surface area contributed by atoms with Crippen molar-refractivity contribution in [1.82, 2.24) is 10.2 Å². The molecule has 0 radical (unpaired) electrons. The number of likely N-dealkylation sites (tertiary alicyclic amines) is 1. The highest BCUT2D eigenvalue weighted by molar-refractivity contribution is 5.78. The summed E-state index contributed by atoms with van der Waals surface area (Å²) < 4.78 is 16.1. The number of methoxy groups -OCH3 is 3. The quantitative estimate of drug-likeness (QED) is 0.791. The van der Waals surface area contributed by atoms with Crippen LogP contribution in [0.2, 0.25) is 0 Å². The summed E-state index contributed by atoms with van der Waals surface area (Å²) in [5.74, 6) is 2.32. The first-order chi connectivity index (χ1) is 11.1. The van der Waals surface area contributed by atoms with Gasteiger partial charge >= 0.3 is 0 Å². The van der Waals surface area contributed by atoms with Crippen LogP contribution in [0.15, 0.2) is 12.1 Å². The average molecular weight is 322 g/mol. The normalized spacial score (nSPS) is 15.7. The highest BCUT2D eigenvalue weighted by Crippen LogP contribution is 2.34. The monoisotopic (exact) mass is 322 g/mol. The van der Waals surface area contributed by atoms with Crippen molar-refractivity contribution < 1.29 is 19.0 Å². The number of nitrogens with zero attached hydrogens (tertiary/aromatic N) is 1. The summed E-state index contributed by atoms with van der Waals surface area (Å²) in [4.78, 5) is 13.6. The Morgan fingerprint density at radius 1 is 1.13 bits per heavy atom. The minimum Gasteiger partial charge on any atom is -0.496 e. The maximum atomic E-state index is 11.7. The Balaban J connectivity index is 1.99. The first-order valence-electron chi connectivity index (χ1n) is 7.89. The molecule has 1 aliphatic heterocycles. The molecule has 0 unspecified atom stereocenters. The van der Waals surface area contributed by atoms with Gasteiger partial charge in [0, 0.05) is 43.7 Å². The molecule has 0 bridgehead atoms. The predicted molar refractivity (Wildman–Crippen MR) is 88.2 cm³/mol. The van der Waals surface area contributed by atoms with E-state index in [0.717, 1.165) is 30.8 Å². The highest BCUT2D eigenvalue weighted by Gasteiger charge is 2.21. The molecule has 1 N–H and O–H groups in total.